The first-order chi connectivity index (χ1) is 11.8. The SMILES string of the molecule is O=C(Cc1cn2ccsc2n1)NCc1cccnc1-n1cccn1. The Morgan fingerprint density at radius 2 is 2.21 bits per heavy atom. The van der Waals surface area contributed by atoms with Crippen molar-refractivity contribution in [2.45, 2.75) is 13.0 Å². The fraction of sp³-hybridized carbons (Fsp3) is 0.125. The number of amides is 1. The smallest absolute Gasteiger partial charge is 0.226 e. The van der Waals surface area contributed by atoms with Crippen LogP contribution in [-0.2, 0) is 17.8 Å². The molecule has 1 amide bonds. The zero-order valence-corrected chi connectivity index (χ0v) is 13.5. The predicted octanol–water partition coefficient (Wildman–Crippen LogP) is 1.84. The van der Waals surface area contributed by atoms with E-state index in [1.807, 2.05) is 46.6 Å². The number of nitrogens with zero attached hydrogens (tertiary/aromatic N) is 5. The lowest BCUT2D eigenvalue weighted by atomic mass is 10.2. The molecule has 0 aliphatic rings. The first-order valence-electron chi connectivity index (χ1n) is 7.41. The van der Waals surface area contributed by atoms with Crippen LogP contribution in [0.5, 0.6) is 0 Å². The molecule has 4 aromatic heterocycles. The molecule has 0 saturated carbocycles. The van der Waals surface area contributed by atoms with Gasteiger partial charge >= 0.3 is 0 Å². The number of hydrogen-bond donors (Lipinski definition) is 1. The van der Waals surface area contributed by atoms with Crippen molar-refractivity contribution in [3.8, 4) is 5.82 Å². The van der Waals surface area contributed by atoms with Gasteiger partial charge in [-0.3, -0.25) is 9.20 Å². The Hall–Kier alpha value is -3.00. The molecule has 8 heteroatoms. The first-order valence-corrected chi connectivity index (χ1v) is 8.29. The third-order valence-electron chi connectivity index (χ3n) is 3.55. The monoisotopic (exact) mass is 338 g/mol. The summed E-state index contributed by atoms with van der Waals surface area (Å²) >= 11 is 1.55. The molecule has 0 aromatic carbocycles. The van der Waals surface area contributed by atoms with Gasteiger partial charge in [0.15, 0.2) is 10.8 Å². The van der Waals surface area contributed by atoms with E-state index in [-0.39, 0.29) is 12.3 Å². The van der Waals surface area contributed by atoms with Crippen molar-refractivity contribution in [1.82, 2.24) is 29.5 Å². The van der Waals surface area contributed by atoms with Gasteiger partial charge in [0.2, 0.25) is 5.91 Å². The molecule has 7 nitrogen and oxygen atoms in total. The second-order valence-electron chi connectivity index (χ2n) is 5.22. The van der Waals surface area contributed by atoms with E-state index in [4.69, 9.17) is 0 Å². The van der Waals surface area contributed by atoms with Gasteiger partial charge in [-0.2, -0.15) is 5.10 Å². The maximum Gasteiger partial charge on any atom is 0.226 e. The van der Waals surface area contributed by atoms with Crippen molar-refractivity contribution in [1.29, 1.82) is 0 Å². The van der Waals surface area contributed by atoms with Gasteiger partial charge in [-0.05, 0) is 12.1 Å². The van der Waals surface area contributed by atoms with Gasteiger partial charge in [-0.1, -0.05) is 6.07 Å². The molecule has 0 fully saturated rings. The van der Waals surface area contributed by atoms with Gasteiger partial charge < -0.3 is 5.32 Å². The van der Waals surface area contributed by atoms with Crippen molar-refractivity contribution < 1.29 is 4.79 Å². The molecule has 0 bridgehead atoms. The Bertz CT molecular complexity index is 943. The summed E-state index contributed by atoms with van der Waals surface area (Å²) in [6, 6.07) is 5.61. The van der Waals surface area contributed by atoms with Gasteiger partial charge in [0, 0.05) is 48.5 Å². The quantitative estimate of drug-likeness (QED) is 0.602. The Morgan fingerprint density at radius 3 is 3.04 bits per heavy atom. The van der Waals surface area contributed by atoms with Crippen LogP contribution < -0.4 is 5.32 Å². The molecule has 0 atom stereocenters. The fourth-order valence-electron chi connectivity index (χ4n) is 2.45. The zero-order chi connectivity index (χ0) is 16.4. The van der Waals surface area contributed by atoms with Crippen molar-refractivity contribution >= 4 is 22.2 Å². The largest absolute Gasteiger partial charge is 0.352 e. The van der Waals surface area contributed by atoms with Crippen LogP contribution in [0.4, 0.5) is 0 Å². The molecule has 4 rings (SSSR count). The normalized spacial score (nSPS) is 11.0. The van der Waals surface area contributed by atoms with Gasteiger partial charge in [0.25, 0.3) is 0 Å². The van der Waals surface area contributed by atoms with E-state index in [2.05, 4.69) is 20.4 Å². The first kappa shape index (κ1) is 14.6. The predicted molar refractivity (Wildman–Crippen MR) is 90.0 cm³/mol. The van der Waals surface area contributed by atoms with E-state index in [1.54, 1.807) is 28.4 Å². The topological polar surface area (TPSA) is 77.1 Å². The van der Waals surface area contributed by atoms with E-state index in [0.717, 1.165) is 16.2 Å². The minimum atomic E-state index is -0.0731. The molecule has 0 radical (unpaired) electrons. The molecular weight excluding hydrogens is 324 g/mol. The molecular formula is C16H14N6OS. The van der Waals surface area contributed by atoms with E-state index >= 15 is 0 Å². The van der Waals surface area contributed by atoms with E-state index in [9.17, 15) is 4.79 Å². The van der Waals surface area contributed by atoms with Gasteiger partial charge in [0.05, 0.1) is 12.1 Å². The molecule has 120 valence electrons. The summed E-state index contributed by atoms with van der Waals surface area (Å²) in [5, 5.41) is 9.07. The molecule has 0 aliphatic carbocycles. The summed E-state index contributed by atoms with van der Waals surface area (Å²) in [5.41, 5.74) is 1.67. The zero-order valence-electron chi connectivity index (χ0n) is 12.7. The molecule has 24 heavy (non-hydrogen) atoms. The lowest BCUT2D eigenvalue weighted by Crippen LogP contribution is -2.25. The van der Waals surface area contributed by atoms with Crippen LogP contribution in [0.15, 0.2) is 54.6 Å². The summed E-state index contributed by atoms with van der Waals surface area (Å²) in [6.45, 7) is 0.393. The summed E-state index contributed by atoms with van der Waals surface area (Å²) in [6.07, 6.45) is 9.30. The number of aromatic nitrogens is 5. The number of thiazole rings is 1. The third-order valence-corrected chi connectivity index (χ3v) is 4.32. The van der Waals surface area contributed by atoms with Crippen molar-refractivity contribution in [2.24, 2.45) is 0 Å². The Kier molecular flexibility index (Phi) is 3.80. The minimum Gasteiger partial charge on any atom is -0.352 e. The van der Waals surface area contributed by atoms with Gasteiger partial charge in [0.1, 0.15) is 0 Å². The molecule has 4 aromatic rings. The highest BCUT2D eigenvalue weighted by molar-refractivity contribution is 7.15. The van der Waals surface area contributed by atoms with E-state index < -0.39 is 0 Å². The maximum absolute atomic E-state index is 12.2. The number of hydrogen-bond acceptors (Lipinski definition) is 5. The summed E-state index contributed by atoms with van der Waals surface area (Å²) in [7, 11) is 0. The molecule has 0 unspecified atom stereocenters. The summed E-state index contributed by atoms with van der Waals surface area (Å²) in [4.78, 5) is 21.8. The number of fused-ring (bicyclic) bond motifs is 1. The molecule has 0 spiro atoms. The maximum atomic E-state index is 12.2. The standard InChI is InChI=1S/C16H14N6OS/c23-14(9-13-11-21-7-8-24-16(21)20-13)18-10-12-3-1-4-17-15(12)22-6-2-5-19-22/h1-8,11H,9-10H2,(H,18,23). The van der Waals surface area contributed by atoms with Crippen molar-refractivity contribution in [3.63, 3.8) is 0 Å². The van der Waals surface area contributed by atoms with Crippen molar-refractivity contribution in [3.05, 3.63) is 65.8 Å². The third kappa shape index (κ3) is 2.91. The highest BCUT2D eigenvalue weighted by atomic mass is 32.1. The number of carbonyl (C=O) groups is 1. The number of nitrogens with one attached hydrogen (secondary N) is 1. The average molecular weight is 338 g/mol. The van der Waals surface area contributed by atoms with Crippen LogP contribution in [0.3, 0.4) is 0 Å². The van der Waals surface area contributed by atoms with Crippen LogP contribution in [0.1, 0.15) is 11.3 Å². The highest BCUT2D eigenvalue weighted by Crippen LogP contribution is 2.12. The van der Waals surface area contributed by atoms with E-state index in [1.165, 1.54) is 0 Å². The molecule has 0 aliphatic heterocycles. The van der Waals surface area contributed by atoms with E-state index in [0.29, 0.717) is 12.4 Å². The Balaban J connectivity index is 1.43. The fourth-order valence-corrected chi connectivity index (χ4v) is 3.17. The lowest BCUT2D eigenvalue weighted by molar-refractivity contribution is -0.120. The summed E-state index contributed by atoms with van der Waals surface area (Å²) < 4.78 is 3.61. The number of pyridine rings is 1. The Labute approximate surface area is 141 Å². The Morgan fingerprint density at radius 1 is 1.25 bits per heavy atom. The second kappa shape index (κ2) is 6.25. The highest BCUT2D eigenvalue weighted by Gasteiger charge is 2.10. The molecule has 1 N–H and O–H groups in total. The second-order valence-corrected chi connectivity index (χ2v) is 6.09. The lowest BCUT2D eigenvalue weighted by Gasteiger charge is -2.09. The van der Waals surface area contributed by atoms with Crippen LogP contribution >= 0.6 is 11.3 Å². The van der Waals surface area contributed by atoms with Gasteiger partial charge in [-0.25, -0.2) is 14.6 Å². The van der Waals surface area contributed by atoms with Crippen LogP contribution in [0.25, 0.3) is 10.8 Å². The van der Waals surface area contributed by atoms with Gasteiger partial charge in [-0.15, -0.1) is 11.3 Å². The molecule has 0 saturated heterocycles. The van der Waals surface area contributed by atoms with Crippen molar-refractivity contribution in [2.75, 3.05) is 0 Å². The molecule has 4 heterocycles. The van der Waals surface area contributed by atoms with Crippen LogP contribution in [-0.4, -0.2) is 30.1 Å². The summed E-state index contributed by atoms with van der Waals surface area (Å²) in [5.74, 6) is 0.640. The van der Waals surface area contributed by atoms with Crippen LogP contribution in [0.2, 0.25) is 0 Å². The number of rotatable bonds is 5. The number of carbonyl (C=O) groups excluding carboxylic acids is 1. The van der Waals surface area contributed by atoms with Crippen LogP contribution in [0, 0.1) is 0 Å². The number of imidazole rings is 1. The average Bonchev–Trinajstić information content (AvgIpc) is 3.30. The minimum absolute atomic E-state index is 0.0731.